The summed E-state index contributed by atoms with van der Waals surface area (Å²) in [7, 11) is 0. The highest BCUT2D eigenvalue weighted by molar-refractivity contribution is 6.30. The average molecular weight is 221 g/mol. The minimum Gasteiger partial charge on any atom is -0.481 e. The van der Waals surface area contributed by atoms with Crippen LogP contribution in [0, 0.1) is 11.8 Å². The lowest BCUT2D eigenvalue weighted by molar-refractivity contribution is -0.138. The van der Waals surface area contributed by atoms with Gasteiger partial charge in [-0.1, -0.05) is 29.8 Å². The summed E-state index contributed by atoms with van der Waals surface area (Å²) in [5, 5.41) is 9.70. The van der Waals surface area contributed by atoms with Gasteiger partial charge in [-0.15, -0.1) is 0 Å². The minimum atomic E-state index is -0.697. The zero-order chi connectivity index (χ0) is 10.6. The van der Waals surface area contributed by atoms with Crippen molar-refractivity contribution in [3.8, 4) is 0 Å². The molecular weight excluding hydrogens is 212 g/mol. The van der Waals surface area contributed by atoms with Gasteiger partial charge in [-0.2, -0.15) is 0 Å². The van der Waals surface area contributed by atoms with E-state index in [1.807, 2.05) is 30.4 Å². The molecule has 3 atom stereocenters. The number of halogens is 1. The number of carbonyl (C=O) groups is 1. The molecule has 3 heteroatoms. The number of carboxylic acids is 1. The molecule has 0 heterocycles. The molecule has 1 fully saturated rings. The number of carboxylic acid groups (broad SMARTS) is 1. The van der Waals surface area contributed by atoms with Gasteiger partial charge in [0.15, 0.2) is 0 Å². The van der Waals surface area contributed by atoms with Crippen LogP contribution < -0.4 is 0 Å². The lowest BCUT2D eigenvalue weighted by Gasteiger charge is -2.08. The third kappa shape index (κ3) is 1.21. The van der Waals surface area contributed by atoms with Gasteiger partial charge < -0.3 is 5.11 Å². The van der Waals surface area contributed by atoms with Crippen LogP contribution in [-0.4, -0.2) is 11.1 Å². The minimum absolute atomic E-state index is 0.166. The summed E-state index contributed by atoms with van der Waals surface area (Å²) >= 11 is 5.89. The predicted octanol–water partition coefficient (Wildman–Crippen LogP) is 2.78. The van der Waals surface area contributed by atoms with Gasteiger partial charge in [0.1, 0.15) is 0 Å². The van der Waals surface area contributed by atoms with Crippen molar-refractivity contribution in [2.45, 2.75) is 5.92 Å². The van der Waals surface area contributed by atoms with E-state index >= 15 is 0 Å². The molecule has 0 unspecified atom stereocenters. The molecule has 0 saturated heterocycles. The Morgan fingerprint density at radius 3 is 2.93 bits per heavy atom. The van der Waals surface area contributed by atoms with E-state index in [4.69, 9.17) is 16.7 Å². The molecule has 1 N–H and O–H groups in total. The van der Waals surface area contributed by atoms with Crippen molar-refractivity contribution >= 4 is 23.6 Å². The molecule has 0 amide bonds. The molecule has 76 valence electrons. The number of aliphatic carboxylic acids is 1. The van der Waals surface area contributed by atoms with Crippen molar-refractivity contribution in [1.82, 2.24) is 0 Å². The molecule has 1 aromatic rings. The van der Waals surface area contributed by atoms with Crippen molar-refractivity contribution in [3.63, 3.8) is 0 Å². The van der Waals surface area contributed by atoms with E-state index in [2.05, 4.69) is 0 Å². The van der Waals surface area contributed by atoms with Crippen LogP contribution in [0.25, 0.3) is 6.08 Å². The van der Waals surface area contributed by atoms with Gasteiger partial charge in [-0.25, -0.2) is 0 Å². The van der Waals surface area contributed by atoms with Crippen LogP contribution in [0.4, 0.5) is 0 Å². The number of allylic oxidation sites excluding steroid dienone is 1. The topological polar surface area (TPSA) is 37.3 Å². The fourth-order valence-electron chi connectivity index (χ4n) is 2.50. The van der Waals surface area contributed by atoms with E-state index in [0.29, 0.717) is 5.02 Å². The Balaban J connectivity index is 2.06. The molecule has 1 aromatic carbocycles. The Morgan fingerprint density at radius 1 is 1.40 bits per heavy atom. The summed E-state index contributed by atoms with van der Waals surface area (Å²) in [6, 6.07) is 5.66. The molecule has 0 radical (unpaired) electrons. The van der Waals surface area contributed by atoms with Crippen molar-refractivity contribution in [3.05, 3.63) is 40.4 Å². The third-order valence-corrected chi connectivity index (χ3v) is 3.50. The molecule has 1 saturated carbocycles. The van der Waals surface area contributed by atoms with Crippen molar-refractivity contribution in [2.75, 3.05) is 0 Å². The first-order valence-electron chi connectivity index (χ1n) is 4.89. The second kappa shape index (κ2) is 2.86. The predicted molar refractivity (Wildman–Crippen MR) is 57.8 cm³/mol. The van der Waals surface area contributed by atoms with E-state index < -0.39 is 5.97 Å². The molecule has 2 aliphatic carbocycles. The lowest BCUT2D eigenvalue weighted by Crippen LogP contribution is -1.99. The van der Waals surface area contributed by atoms with Gasteiger partial charge in [0.05, 0.1) is 5.92 Å². The Morgan fingerprint density at radius 2 is 2.20 bits per heavy atom. The van der Waals surface area contributed by atoms with Crippen LogP contribution in [0.2, 0.25) is 5.02 Å². The molecule has 2 nitrogen and oxygen atoms in total. The van der Waals surface area contributed by atoms with Crippen LogP contribution in [0.1, 0.15) is 17.0 Å². The molecule has 0 aliphatic heterocycles. The normalized spacial score (nSPS) is 30.6. The van der Waals surface area contributed by atoms with Crippen molar-refractivity contribution < 1.29 is 9.90 Å². The molecular formula is C12H9ClO2. The summed E-state index contributed by atoms with van der Waals surface area (Å²) in [5.74, 6) is -0.572. The zero-order valence-corrected chi connectivity index (χ0v) is 8.61. The van der Waals surface area contributed by atoms with Gasteiger partial charge in [0.2, 0.25) is 0 Å². The van der Waals surface area contributed by atoms with Gasteiger partial charge in [0.25, 0.3) is 0 Å². The van der Waals surface area contributed by atoms with Crippen molar-refractivity contribution in [1.29, 1.82) is 0 Å². The number of rotatable bonds is 1. The third-order valence-electron chi connectivity index (χ3n) is 3.27. The summed E-state index contributed by atoms with van der Waals surface area (Å²) in [5.41, 5.74) is 2.19. The highest BCUT2D eigenvalue weighted by Gasteiger charge is 2.55. The average Bonchev–Trinajstić information content (AvgIpc) is 2.91. The maximum atomic E-state index is 10.9. The molecule has 2 aliphatic rings. The van der Waals surface area contributed by atoms with E-state index in [1.165, 1.54) is 0 Å². The van der Waals surface area contributed by atoms with Crippen LogP contribution in [0.15, 0.2) is 24.3 Å². The monoisotopic (exact) mass is 220 g/mol. The Kier molecular flexibility index (Phi) is 1.71. The second-order valence-corrected chi connectivity index (χ2v) is 4.54. The van der Waals surface area contributed by atoms with Crippen molar-refractivity contribution in [2.24, 2.45) is 11.8 Å². The number of benzene rings is 1. The lowest BCUT2D eigenvalue weighted by atomic mass is 9.97. The quantitative estimate of drug-likeness (QED) is 0.790. The molecule has 15 heavy (non-hydrogen) atoms. The summed E-state index contributed by atoms with van der Waals surface area (Å²) < 4.78 is 0. The molecule has 3 rings (SSSR count). The fourth-order valence-corrected chi connectivity index (χ4v) is 2.68. The number of hydrogen-bond donors (Lipinski definition) is 1. The standard InChI is InChI=1S/C12H9ClO2/c13-7-2-4-8-6(5-7)1-3-9-10(8)11(9)12(14)15/h1-5,9-11H,(H,14,15)/t9-,10+,11+/m0/s1. The Bertz CT molecular complexity index is 479. The fraction of sp³-hybridized carbons (Fsp3) is 0.250. The summed E-state index contributed by atoms with van der Waals surface area (Å²) in [6.45, 7) is 0. The first kappa shape index (κ1) is 8.98. The maximum Gasteiger partial charge on any atom is 0.307 e. The molecule has 0 aromatic heterocycles. The van der Waals surface area contributed by atoms with Gasteiger partial charge >= 0.3 is 5.97 Å². The Hall–Kier alpha value is -1.28. The first-order valence-corrected chi connectivity index (χ1v) is 5.27. The summed E-state index contributed by atoms with van der Waals surface area (Å²) in [4.78, 5) is 10.9. The SMILES string of the molecule is O=C(O)[C@@H]1[C@H]2C=Cc3cc(Cl)ccc3[C@H]21. The highest BCUT2D eigenvalue weighted by Crippen LogP contribution is 2.58. The second-order valence-electron chi connectivity index (χ2n) is 4.10. The first-order chi connectivity index (χ1) is 7.18. The van der Waals surface area contributed by atoms with Crippen LogP contribution >= 0.6 is 11.6 Å². The van der Waals surface area contributed by atoms with E-state index in [1.54, 1.807) is 0 Å². The maximum absolute atomic E-state index is 10.9. The number of fused-ring (bicyclic) bond motifs is 3. The zero-order valence-electron chi connectivity index (χ0n) is 7.85. The molecule has 0 bridgehead atoms. The van der Waals surface area contributed by atoms with E-state index in [0.717, 1.165) is 11.1 Å². The molecule has 0 spiro atoms. The van der Waals surface area contributed by atoms with Crippen LogP contribution in [-0.2, 0) is 4.79 Å². The largest absolute Gasteiger partial charge is 0.481 e. The van der Waals surface area contributed by atoms with E-state index in [-0.39, 0.29) is 17.8 Å². The smallest absolute Gasteiger partial charge is 0.307 e. The van der Waals surface area contributed by atoms with Crippen LogP contribution in [0.5, 0.6) is 0 Å². The summed E-state index contributed by atoms with van der Waals surface area (Å²) in [6.07, 6.45) is 3.97. The van der Waals surface area contributed by atoms with Crippen LogP contribution in [0.3, 0.4) is 0 Å². The van der Waals surface area contributed by atoms with Gasteiger partial charge in [-0.05, 0) is 29.2 Å². The van der Waals surface area contributed by atoms with Gasteiger partial charge in [-0.3, -0.25) is 4.79 Å². The van der Waals surface area contributed by atoms with Gasteiger partial charge in [0, 0.05) is 10.9 Å². The number of hydrogen-bond acceptors (Lipinski definition) is 1. The highest BCUT2D eigenvalue weighted by atomic mass is 35.5. The van der Waals surface area contributed by atoms with E-state index in [9.17, 15) is 4.79 Å². The Labute approximate surface area is 92.2 Å².